The van der Waals surface area contributed by atoms with E-state index in [0.29, 0.717) is 6.04 Å². The van der Waals surface area contributed by atoms with Crippen molar-refractivity contribution >= 4 is 17.3 Å². The van der Waals surface area contributed by atoms with Crippen molar-refractivity contribution in [2.45, 2.75) is 52.1 Å². The molecule has 0 spiro atoms. The summed E-state index contributed by atoms with van der Waals surface area (Å²) in [6, 6.07) is 5.73. The van der Waals surface area contributed by atoms with Crippen LogP contribution in [0.4, 0.5) is 0 Å². The lowest BCUT2D eigenvalue weighted by Crippen LogP contribution is -2.40. The summed E-state index contributed by atoms with van der Waals surface area (Å²) < 4.78 is 0. The highest BCUT2D eigenvalue weighted by molar-refractivity contribution is 7.09. The molecular weight excluding hydrogens is 292 g/mol. The van der Waals surface area contributed by atoms with Gasteiger partial charge in [-0.1, -0.05) is 6.07 Å². The topological polar surface area (TPSA) is 39.7 Å². The molecule has 2 N–H and O–H groups in total. The molecule has 1 aliphatic carbocycles. The van der Waals surface area contributed by atoms with E-state index in [2.05, 4.69) is 53.8 Å². The summed E-state index contributed by atoms with van der Waals surface area (Å²) in [5.74, 6) is 0.943. The van der Waals surface area contributed by atoms with E-state index in [1.54, 1.807) is 0 Å². The fraction of sp³-hybridized carbons (Fsp3) is 0.706. The minimum atomic E-state index is 0.622. The predicted octanol–water partition coefficient (Wildman–Crippen LogP) is 2.72. The summed E-state index contributed by atoms with van der Waals surface area (Å²) >= 11 is 1.82. The highest BCUT2D eigenvalue weighted by Gasteiger charge is 2.29. The zero-order valence-electron chi connectivity index (χ0n) is 14.1. The van der Waals surface area contributed by atoms with E-state index in [1.807, 2.05) is 11.3 Å². The number of guanidine groups is 1. The van der Waals surface area contributed by atoms with Crippen molar-refractivity contribution in [3.05, 3.63) is 22.4 Å². The number of rotatable bonds is 9. The van der Waals surface area contributed by atoms with Crippen LogP contribution in [0.15, 0.2) is 22.5 Å². The zero-order chi connectivity index (χ0) is 15.8. The normalized spacial score (nSPS) is 15.6. The Morgan fingerprint density at radius 3 is 2.82 bits per heavy atom. The van der Waals surface area contributed by atoms with Crippen molar-refractivity contribution in [3.63, 3.8) is 0 Å². The van der Waals surface area contributed by atoms with Gasteiger partial charge < -0.3 is 10.6 Å². The lowest BCUT2D eigenvalue weighted by atomic mass is 10.3. The number of thiophene rings is 1. The highest BCUT2D eigenvalue weighted by atomic mass is 32.1. The van der Waals surface area contributed by atoms with Gasteiger partial charge >= 0.3 is 0 Å². The summed E-state index contributed by atoms with van der Waals surface area (Å²) in [4.78, 5) is 8.72. The molecule has 0 aromatic carbocycles. The van der Waals surface area contributed by atoms with Crippen molar-refractivity contribution in [1.82, 2.24) is 15.5 Å². The summed E-state index contributed by atoms with van der Waals surface area (Å²) in [5.41, 5.74) is 0. The van der Waals surface area contributed by atoms with E-state index in [4.69, 9.17) is 4.99 Å². The second-order valence-electron chi connectivity index (χ2n) is 6.08. The quantitative estimate of drug-likeness (QED) is 0.542. The zero-order valence-corrected chi connectivity index (χ0v) is 15.0. The first kappa shape index (κ1) is 17.3. The molecule has 22 heavy (non-hydrogen) atoms. The molecule has 1 saturated carbocycles. The Morgan fingerprint density at radius 1 is 1.41 bits per heavy atom. The fourth-order valence-corrected chi connectivity index (χ4v) is 3.36. The van der Waals surface area contributed by atoms with Crippen molar-refractivity contribution in [1.29, 1.82) is 0 Å². The Kier molecular flexibility index (Phi) is 7.19. The van der Waals surface area contributed by atoms with Crippen LogP contribution in [0.3, 0.4) is 0 Å². The van der Waals surface area contributed by atoms with Gasteiger partial charge in [-0.05, 0) is 51.5 Å². The number of nitrogens with zero attached hydrogens (tertiary/aromatic N) is 2. The van der Waals surface area contributed by atoms with Gasteiger partial charge in [0.25, 0.3) is 0 Å². The Hall–Kier alpha value is -1.07. The molecule has 0 radical (unpaired) electrons. The average molecular weight is 323 g/mol. The number of aliphatic imine (C=N–C) groups is 1. The predicted molar refractivity (Wildman–Crippen MR) is 96.9 cm³/mol. The van der Waals surface area contributed by atoms with Gasteiger partial charge in [-0.3, -0.25) is 9.89 Å². The Labute approximate surface area is 139 Å². The minimum Gasteiger partial charge on any atom is -0.357 e. The highest BCUT2D eigenvalue weighted by Crippen LogP contribution is 2.28. The number of hydrogen-bond acceptors (Lipinski definition) is 3. The van der Waals surface area contributed by atoms with Crippen LogP contribution in [0.1, 0.15) is 38.5 Å². The molecule has 0 amide bonds. The maximum atomic E-state index is 4.72. The molecule has 1 aromatic heterocycles. The second-order valence-corrected chi connectivity index (χ2v) is 7.11. The number of hydrogen-bond donors (Lipinski definition) is 2. The maximum Gasteiger partial charge on any atom is 0.191 e. The van der Waals surface area contributed by atoms with Crippen LogP contribution in [-0.4, -0.2) is 49.1 Å². The molecule has 0 saturated heterocycles. The van der Waals surface area contributed by atoms with Gasteiger partial charge in [0.05, 0.1) is 6.54 Å². The van der Waals surface area contributed by atoms with Crippen molar-refractivity contribution < 1.29 is 0 Å². The van der Waals surface area contributed by atoms with Crippen LogP contribution >= 0.6 is 11.3 Å². The monoisotopic (exact) mass is 322 g/mol. The van der Waals surface area contributed by atoms with Gasteiger partial charge in [-0.15, -0.1) is 11.3 Å². The molecule has 1 heterocycles. The Bertz CT molecular complexity index is 436. The van der Waals surface area contributed by atoms with Gasteiger partial charge in [0.2, 0.25) is 0 Å². The van der Waals surface area contributed by atoms with Crippen LogP contribution in [0.25, 0.3) is 0 Å². The van der Waals surface area contributed by atoms with Gasteiger partial charge in [-0.25, -0.2) is 0 Å². The van der Waals surface area contributed by atoms with E-state index >= 15 is 0 Å². The second kappa shape index (κ2) is 9.16. The summed E-state index contributed by atoms with van der Waals surface area (Å²) in [7, 11) is 0. The molecule has 124 valence electrons. The molecule has 1 fully saturated rings. The van der Waals surface area contributed by atoms with Gasteiger partial charge in [0.15, 0.2) is 5.96 Å². The van der Waals surface area contributed by atoms with Crippen LogP contribution in [-0.2, 0) is 6.42 Å². The van der Waals surface area contributed by atoms with Crippen LogP contribution < -0.4 is 10.6 Å². The standard InChI is InChI=1S/C17H30N4S/c1-4-18-17(19-10-9-16-6-5-13-22-16)20-11-12-21(14(2)3)15-7-8-15/h5-6,13-15H,4,7-12H2,1-3H3,(H2,18,19,20). The Balaban J connectivity index is 1.73. The Morgan fingerprint density at radius 2 is 2.23 bits per heavy atom. The molecule has 1 aromatic rings. The molecule has 0 atom stereocenters. The lowest BCUT2D eigenvalue weighted by Gasteiger charge is -2.25. The molecule has 0 bridgehead atoms. The smallest absolute Gasteiger partial charge is 0.191 e. The summed E-state index contributed by atoms with van der Waals surface area (Å²) in [6.45, 7) is 10.4. The third-order valence-corrected chi connectivity index (χ3v) is 4.83. The van der Waals surface area contributed by atoms with E-state index < -0.39 is 0 Å². The third kappa shape index (κ3) is 5.97. The van der Waals surface area contributed by atoms with Crippen LogP contribution in [0, 0.1) is 0 Å². The number of nitrogens with one attached hydrogen (secondary N) is 2. The van der Waals surface area contributed by atoms with E-state index in [0.717, 1.165) is 44.6 Å². The largest absolute Gasteiger partial charge is 0.357 e. The average Bonchev–Trinajstić information content (AvgIpc) is 3.19. The molecule has 1 aliphatic rings. The van der Waals surface area contributed by atoms with Crippen LogP contribution in [0.2, 0.25) is 0 Å². The van der Waals surface area contributed by atoms with Gasteiger partial charge in [-0.2, -0.15) is 0 Å². The van der Waals surface area contributed by atoms with E-state index in [-0.39, 0.29) is 0 Å². The molecule has 4 nitrogen and oxygen atoms in total. The van der Waals surface area contributed by atoms with Crippen LogP contribution in [0.5, 0.6) is 0 Å². The van der Waals surface area contributed by atoms with Crippen molar-refractivity contribution in [2.75, 3.05) is 26.2 Å². The molecule has 2 rings (SSSR count). The SMILES string of the molecule is CCNC(=NCCN(C(C)C)C1CC1)NCCc1cccs1. The van der Waals surface area contributed by atoms with E-state index in [1.165, 1.54) is 17.7 Å². The summed E-state index contributed by atoms with van der Waals surface area (Å²) in [5, 5.41) is 8.90. The van der Waals surface area contributed by atoms with E-state index in [9.17, 15) is 0 Å². The first-order valence-electron chi connectivity index (χ1n) is 8.51. The summed E-state index contributed by atoms with van der Waals surface area (Å²) in [6.07, 6.45) is 3.78. The van der Waals surface area contributed by atoms with Gasteiger partial charge in [0, 0.05) is 36.6 Å². The molecule has 5 heteroatoms. The fourth-order valence-electron chi connectivity index (χ4n) is 2.65. The van der Waals surface area contributed by atoms with Crippen molar-refractivity contribution in [3.8, 4) is 0 Å². The minimum absolute atomic E-state index is 0.622. The first-order valence-corrected chi connectivity index (χ1v) is 9.39. The van der Waals surface area contributed by atoms with Gasteiger partial charge in [0.1, 0.15) is 0 Å². The maximum absolute atomic E-state index is 4.72. The molecular formula is C17H30N4S. The molecule has 0 unspecified atom stereocenters. The third-order valence-electron chi connectivity index (χ3n) is 3.90. The molecule has 0 aliphatic heterocycles. The van der Waals surface area contributed by atoms with Crippen molar-refractivity contribution in [2.24, 2.45) is 4.99 Å². The first-order chi connectivity index (χ1) is 10.7. The lowest BCUT2D eigenvalue weighted by molar-refractivity contribution is 0.218.